The number of nitro groups is 1. The second-order valence-corrected chi connectivity index (χ2v) is 6.68. The molecule has 1 heterocycles. The molecule has 0 radical (unpaired) electrons. The lowest BCUT2D eigenvalue weighted by molar-refractivity contribution is -0.385. The van der Waals surface area contributed by atoms with Gasteiger partial charge in [0.1, 0.15) is 16.8 Å². The Hall–Kier alpha value is -3.63. The number of hydrogen-bond donors (Lipinski definition) is 1. The number of alkyl halides is 3. The lowest BCUT2D eigenvalue weighted by Gasteiger charge is -2.11. The van der Waals surface area contributed by atoms with Crippen LogP contribution in [0.4, 0.5) is 24.5 Å². The van der Waals surface area contributed by atoms with Gasteiger partial charge in [-0.1, -0.05) is 13.8 Å². The summed E-state index contributed by atoms with van der Waals surface area (Å²) in [4.78, 5) is 27.3. The van der Waals surface area contributed by atoms with E-state index in [0.29, 0.717) is 17.0 Å². The molecular weight excluding hydrogens is 407 g/mol. The van der Waals surface area contributed by atoms with Crippen LogP contribution in [-0.2, 0) is 0 Å². The molecule has 8 nitrogen and oxygen atoms in total. The maximum atomic E-state index is 12.6. The number of fused-ring (bicyclic) bond motifs is 1. The van der Waals surface area contributed by atoms with Gasteiger partial charge in [0.2, 0.25) is 0 Å². The SMILES string of the molecule is CC(C)c1nc2cc(NC(=O)c3cc(OCC(F)(F)F)ccc3[N+](=O)[O-])ccc2o1. The zero-order valence-electron chi connectivity index (χ0n) is 15.8. The summed E-state index contributed by atoms with van der Waals surface area (Å²) in [6, 6.07) is 7.43. The van der Waals surface area contributed by atoms with Gasteiger partial charge in [-0.3, -0.25) is 14.9 Å². The first-order valence-corrected chi connectivity index (χ1v) is 8.73. The lowest BCUT2D eigenvalue weighted by atomic mass is 10.1. The minimum Gasteiger partial charge on any atom is -0.484 e. The van der Waals surface area contributed by atoms with Crippen LogP contribution in [0.5, 0.6) is 5.75 Å². The van der Waals surface area contributed by atoms with Crippen LogP contribution in [0.3, 0.4) is 0 Å². The van der Waals surface area contributed by atoms with Gasteiger partial charge in [-0.25, -0.2) is 4.98 Å². The summed E-state index contributed by atoms with van der Waals surface area (Å²) in [6.45, 7) is 2.22. The molecule has 1 N–H and O–H groups in total. The predicted molar refractivity (Wildman–Crippen MR) is 101 cm³/mol. The van der Waals surface area contributed by atoms with Gasteiger partial charge in [-0.05, 0) is 30.3 Å². The van der Waals surface area contributed by atoms with Crippen LogP contribution in [-0.4, -0.2) is 28.6 Å². The van der Waals surface area contributed by atoms with E-state index in [2.05, 4.69) is 15.0 Å². The van der Waals surface area contributed by atoms with Crippen molar-refractivity contribution in [2.45, 2.75) is 25.9 Å². The summed E-state index contributed by atoms with van der Waals surface area (Å²) in [5, 5.41) is 13.7. The normalized spacial score (nSPS) is 11.7. The molecule has 158 valence electrons. The summed E-state index contributed by atoms with van der Waals surface area (Å²) in [7, 11) is 0. The molecule has 3 rings (SSSR count). The highest BCUT2D eigenvalue weighted by Crippen LogP contribution is 2.28. The van der Waals surface area contributed by atoms with E-state index < -0.39 is 34.9 Å². The van der Waals surface area contributed by atoms with Crippen molar-refractivity contribution in [2.75, 3.05) is 11.9 Å². The largest absolute Gasteiger partial charge is 0.484 e. The fourth-order valence-corrected chi connectivity index (χ4v) is 2.58. The molecular formula is C19H16F3N3O5. The number of oxazole rings is 1. The molecule has 3 aromatic rings. The Morgan fingerprint density at radius 2 is 2.00 bits per heavy atom. The molecule has 0 fully saturated rings. The van der Waals surface area contributed by atoms with Crippen molar-refractivity contribution in [1.82, 2.24) is 4.98 Å². The number of amides is 1. The number of nitrogens with one attached hydrogen (secondary N) is 1. The van der Waals surface area contributed by atoms with Crippen LogP contribution >= 0.6 is 0 Å². The molecule has 0 atom stereocenters. The number of anilines is 1. The molecule has 1 aromatic heterocycles. The van der Waals surface area contributed by atoms with Crippen LogP contribution in [0.1, 0.15) is 36.0 Å². The number of carbonyl (C=O) groups is 1. The fourth-order valence-electron chi connectivity index (χ4n) is 2.58. The van der Waals surface area contributed by atoms with Crippen molar-refractivity contribution >= 4 is 28.4 Å². The Labute approximate surface area is 167 Å². The van der Waals surface area contributed by atoms with Gasteiger partial charge in [-0.15, -0.1) is 0 Å². The molecule has 1 amide bonds. The first-order chi connectivity index (χ1) is 14.0. The number of ether oxygens (including phenoxy) is 1. The maximum absolute atomic E-state index is 12.6. The first kappa shape index (κ1) is 21.1. The Bertz CT molecular complexity index is 1110. The minimum atomic E-state index is -4.59. The van der Waals surface area contributed by atoms with Crippen LogP contribution in [0.2, 0.25) is 0 Å². The highest BCUT2D eigenvalue weighted by molar-refractivity contribution is 6.07. The zero-order valence-corrected chi connectivity index (χ0v) is 15.8. The number of aromatic nitrogens is 1. The summed E-state index contributed by atoms with van der Waals surface area (Å²) >= 11 is 0. The van der Waals surface area contributed by atoms with Crippen molar-refractivity contribution < 1.29 is 32.0 Å². The Balaban J connectivity index is 1.87. The number of rotatable bonds is 6. The van der Waals surface area contributed by atoms with Crippen molar-refractivity contribution in [3.05, 3.63) is 58.0 Å². The molecule has 30 heavy (non-hydrogen) atoms. The van der Waals surface area contributed by atoms with E-state index in [1.807, 2.05) is 13.8 Å². The molecule has 0 saturated heterocycles. The molecule has 2 aromatic carbocycles. The standard InChI is InChI=1S/C19H16F3N3O5/c1-10(2)18-24-14-7-11(3-6-16(14)30-18)23-17(26)13-8-12(29-9-19(20,21)22)4-5-15(13)25(27)28/h3-8,10H,9H2,1-2H3,(H,23,26). The van der Waals surface area contributed by atoms with Gasteiger partial charge < -0.3 is 14.5 Å². The Kier molecular flexibility index (Phi) is 5.63. The summed E-state index contributed by atoms with van der Waals surface area (Å²) in [5.74, 6) is -0.640. The highest BCUT2D eigenvalue weighted by Gasteiger charge is 2.29. The third-order valence-corrected chi connectivity index (χ3v) is 3.97. The van der Waals surface area contributed by atoms with Gasteiger partial charge in [0, 0.05) is 17.7 Å². The lowest BCUT2D eigenvalue weighted by Crippen LogP contribution is -2.20. The molecule has 0 aliphatic carbocycles. The zero-order chi connectivity index (χ0) is 22.1. The molecule has 0 aliphatic rings. The Morgan fingerprint density at radius 3 is 2.63 bits per heavy atom. The van der Waals surface area contributed by atoms with Crippen molar-refractivity contribution in [1.29, 1.82) is 0 Å². The topological polar surface area (TPSA) is 108 Å². The molecule has 11 heteroatoms. The number of hydrogen-bond acceptors (Lipinski definition) is 6. The van der Waals surface area contributed by atoms with Crippen molar-refractivity contribution in [3.63, 3.8) is 0 Å². The molecule has 0 unspecified atom stereocenters. The number of nitrogens with zero attached hydrogens (tertiary/aromatic N) is 2. The van der Waals surface area contributed by atoms with Gasteiger partial charge in [0.25, 0.3) is 11.6 Å². The van der Waals surface area contributed by atoms with E-state index >= 15 is 0 Å². The third kappa shape index (κ3) is 4.85. The first-order valence-electron chi connectivity index (χ1n) is 8.73. The van der Waals surface area contributed by atoms with Gasteiger partial charge in [-0.2, -0.15) is 13.2 Å². The van der Waals surface area contributed by atoms with Crippen molar-refractivity contribution in [3.8, 4) is 5.75 Å². The van der Waals surface area contributed by atoms with Gasteiger partial charge >= 0.3 is 6.18 Å². The average molecular weight is 423 g/mol. The predicted octanol–water partition coefficient (Wildman–Crippen LogP) is 5.05. The second kappa shape index (κ2) is 8.01. The number of benzene rings is 2. The smallest absolute Gasteiger partial charge is 0.422 e. The second-order valence-electron chi connectivity index (χ2n) is 6.68. The van der Waals surface area contributed by atoms with E-state index in [4.69, 9.17) is 4.42 Å². The molecule has 0 spiro atoms. The molecule has 0 saturated carbocycles. The van der Waals surface area contributed by atoms with Crippen LogP contribution in [0, 0.1) is 10.1 Å². The van der Waals surface area contributed by atoms with E-state index in [9.17, 15) is 28.1 Å². The summed E-state index contributed by atoms with van der Waals surface area (Å²) in [5.41, 5.74) is 0.254. The summed E-state index contributed by atoms with van der Waals surface area (Å²) < 4.78 is 47.2. The third-order valence-electron chi connectivity index (χ3n) is 3.97. The molecule has 0 aliphatic heterocycles. The molecule has 0 bridgehead atoms. The number of carbonyl (C=O) groups excluding carboxylic acids is 1. The number of halogens is 3. The van der Waals surface area contributed by atoms with Crippen LogP contribution in [0.15, 0.2) is 40.8 Å². The monoisotopic (exact) mass is 423 g/mol. The van der Waals surface area contributed by atoms with Crippen molar-refractivity contribution in [2.24, 2.45) is 0 Å². The fraction of sp³-hybridized carbons (Fsp3) is 0.263. The number of nitro benzene ring substituents is 1. The Morgan fingerprint density at radius 1 is 1.27 bits per heavy atom. The van der Waals surface area contributed by atoms with Crippen LogP contribution in [0.25, 0.3) is 11.1 Å². The van der Waals surface area contributed by atoms with E-state index in [-0.39, 0.29) is 17.4 Å². The highest BCUT2D eigenvalue weighted by atomic mass is 19.4. The van der Waals surface area contributed by atoms with E-state index in [1.165, 1.54) is 12.1 Å². The average Bonchev–Trinajstić information content (AvgIpc) is 3.09. The minimum absolute atomic E-state index is 0.0533. The summed E-state index contributed by atoms with van der Waals surface area (Å²) in [6.07, 6.45) is -4.59. The quantitative estimate of drug-likeness (QED) is 0.439. The van der Waals surface area contributed by atoms with Crippen LogP contribution < -0.4 is 10.1 Å². The maximum Gasteiger partial charge on any atom is 0.422 e. The van der Waals surface area contributed by atoms with Gasteiger partial charge in [0.05, 0.1) is 4.92 Å². The van der Waals surface area contributed by atoms with E-state index in [0.717, 1.165) is 18.2 Å². The van der Waals surface area contributed by atoms with Gasteiger partial charge in [0.15, 0.2) is 18.1 Å². The van der Waals surface area contributed by atoms with E-state index in [1.54, 1.807) is 6.07 Å².